The van der Waals surface area contributed by atoms with Crippen LogP contribution in [0.5, 0.6) is 11.5 Å². The van der Waals surface area contributed by atoms with Crippen LogP contribution < -0.4 is 9.47 Å². The summed E-state index contributed by atoms with van der Waals surface area (Å²) in [4.78, 5) is 16.8. The van der Waals surface area contributed by atoms with Crippen LogP contribution in [0.25, 0.3) is 0 Å². The summed E-state index contributed by atoms with van der Waals surface area (Å²) in [5.74, 6) is 1.70. The van der Waals surface area contributed by atoms with Gasteiger partial charge in [0.2, 0.25) is 0 Å². The van der Waals surface area contributed by atoms with Crippen LogP contribution in [0.3, 0.4) is 0 Å². The molecule has 4 aliphatic heterocycles. The Kier molecular flexibility index (Phi) is 4.34. The minimum absolute atomic E-state index is 0.0237. The van der Waals surface area contributed by atoms with Crippen molar-refractivity contribution in [2.24, 2.45) is 4.40 Å². The summed E-state index contributed by atoms with van der Waals surface area (Å²) < 4.78 is 38.4. The van der Waals surface area contributed by atoms with Gasteiger partial charge in [0, 0.05) is 19.3 Å². The molecule has 0 bridgehead atoms. The van der Waals surface area contributed by atoms with Crippen LogP contribution in [0.15, 0.2) is 46.5 Å². The lowest BCUT2D eigenvalue weighted by molar-refractivity contribution is -0.127. The van der Waals surface area contributed by atoms with Gasteiger partial charge in [0.1, 0.15) is 19.0 Å². The van der Waals surface area contributed by atoms with Crippen molar-refractivity contribution >= 4 is 21.8 Å². The van der Waals surface area contributed by atoms with Crippen molar-refractivity contribution < 1.29 is 22.7 Å². The molecule has 1 saturated heterocycles. The summed E-state index contributed by atoms with van der Waals surface area (Å²) in [5, 5.41) is 0. The number of sulfonamides is 1. The molecule has 0 N–H and O–H groups in total. The summed E-state index contributed by atoms with van der Waals surface area (Å²) in [6.07, 6.45) is 6.76. The molecule has 1 aromatic rings. The Labute approximate surface area is 169 Å². The van der Waals surface area contributed by atoms with Crippen molar-refractivity contribution in [1.82, 2.24) is 9.80 Å². The lowest BCUT2D eigenvalue weighted by atomic mass is 10.0. The van der Waals surface area contributed by atoms with Crippen molar-refractivity contribution in [3.05, 3.63) is 47.7 Å². The average molecular weight is 415 g/mol. The number of hydrogen-bond donors (Lipinski definition) is 0. The highest BCUT2D eigenvalue weighted by Gasteiger charge is 2.33. The average Bonchev–Trinajstić information content (AvgIpc) is 3.22. The first-order valence-electron chi connectivity index (χ1n) is 9.70. The molecule has 9 heteroatoms. The number of likely N-dealkylation sites (tertiary alicyclic amines) is 1. The minimum Gasteiger partial charge on any atom is -0.486 e. The number of carbonyl (C=O) groups is 1. The number of hydrogen-bond acceptors (Lipinski definition) is 6. The Balaban J connectivity index is 1.39. The van der Waals surface area contributed by atoms with Gasteiger partial charge in [-0.15, -0.1) is 4.40 Å². The van der Waals surface area contributed by atoms with Crippen LogP contribution in [0.4, 0.5) is 0 Å². The van der Waals surface area contributed by atoms with Gasteiger partial charge in [0.15, 0.2) is 11.5 Å². The fraction of sp³-hybridized carbons (Fsp3) is 0.400. The Hall–Kier alpha value is -2.81. The summed E-state index contributed by atoms with van der Waals surface area (Å²) in [6.45, 7) is 2.05. The van der Waals surface area contributed by atoms with E-state index >= 15 is 0 Å². The Morgan fingerprint density at radius 2 is 1.93 bits per heavy atom. The van der Waals surface area contributed by atoms with E-state index in [4.69, 9.17) is 9.47 Å². The highest BCUT2D eigenvalue weighted by atomic mass is 32.2. The van der Waals surface area contributed by atoms with Crippen LogP contribution in [-0.2, 0) is 14.8 Å². The molecular formula is C20H21N3O5S. The van der Waals surface area contributed by atoms with Gasteiger partial charge < -0.3 is 19.3 Å². The zero-order valence-corrected chi connectivity index (χ0v) is 16.6. The Morgan fingerprint density at radius 1 is 1.10 bits per heavy atom. The number of nitrogens with zero attached hydrogens (tertiary/aromatic N) is 3. The summed E-state index contributed by atoms with van der Waals surface area (Å²) in [6, 6.07) is 5.84. The molecule has 0 aliphatic carbocycles. The van der Waals surface area contributed by atoms with Crippen molar-refractivity contribution in [1.29, 1.82) is 0 Å². The van der Waals surface area contributed by atoms with Crippen molar-refractivity contribution in [3.8, 4) is 11.5 Å². The van der Waals surface area contributed by atoms with E-state index in [-0.39, 0.29) is 17.7 Å². The topological polar surface area (TPSA) is 88.5 Å². The summed E-state index contributed by atoms with van der Waals surface area (Å²) in [5.41, 5.74) is 1.57. The molecule has 1 atom stereocenters. The van der Waals surface area contributed by atoms with Crippen LogP contribution in [-0.4, -0.2) is 62.0 Å². The largest absolute Gasteiger partial charge is 0.486 e. The maximum Gasteiger partial charge on any atom is 0.256 e. The van der Waals surface area contributed by atoms with Gasteiger partial charge in [0.25, 0.3) is 15.9 Å². The van der Waals surface area contributed by atoms with Gasteiger partial charge in [0.05, 0.1) is 17.4 Å². The normalized spacial score (nSPS) is 24.6. The van der Waals surface area contributed by atoms with E-state index in [1.54, 1.807) is 23.3 Å². The maximum atomic E-state index is 13.2. The van der Waals surface area contributed by atoms with E-state index in [0.717, 1.165) is 29.9 Å². The molecule has 0 spiro atoms. The molecule has 1 amide bonds. The zero-order valence-electron chi connectivity index (χ0n) is 15.8. The van der Waals surface area contributed by atoms with Gasteiger partial charge >= 0.3 is 0 Å². The fourth-order valence-corrected chi connectivity index (χ4v) is 5.09. The zero-order chi connectivity index (χ0) is 20.0. The lowest BCUT2D eigenvalue weighted by Crippen LogP contribution is -2.39. The fourth-order valence-electron chi connectivity index (χ4n) is 4.12. The number of ether oxygens (including phenoxy) is 2. The molecule has 0 saturated carbocycles. The SMILES string of the molecule is O=C(C1=CN2CCS(=O)(=O)N=C2C=C1)N1CCCC1c1ccc2c(c1)OCCO2. The van der Waals surface area contributed by atoms with E-state index in [9.17, 15) is 13.2 Å². The van der Waals surface area contributed by atoms with E-state index in [1.807, 2.05) is 23.1 Å². The molecule has 0 radical (unpaired) electrons. The summed E-state index contributed by atoms with van der Waals surface area (Å²) >= 11 is 0. The third-order valence-corrected chi connectivity index (χ3v) is 6.70. The number of rotatable bonds is 2. The van der Waals surface area contributed by atoms with E-state index in [1.165, 1.54) is 0 Å². The smallest absolute Gasteiger partial charge is 0.256 e. The van der Waals surface area contributed by atoms with Gasteiger partial charge in [-0.25, -0.2) is 8.42 Å². The first kappa shape index (κ1) is 18.2. The van der Waals surface area contributed by atoms with Crippen molar-refractivity contribution in [2.75, 3.05) is 32.1 Å². The summed E-state index contributed by atoms with van der Waals surface area (Å²) in [7, 11) is -3.41. The lowest BCUT2D eigenvalue weighted by Gasteiger charge is -2.30. The highest BCUT2D eigenvalue weighted by Crippen LogP contribution is 2.38. The van der Waals surface area contributed by atoms with E-state index < -0.39 is 10.0 Å². The quantitative estimate of drug-likeness (QED) is 0.729. The molecule has 152 valence electrons. The van der Waals surface area contributed by atoms with Gasteiger partial charge in [-0.1, -0.05) is 6.07 Å². The minimum atomic E-state index is -3.41. The number of carbonyl (C=O) groups excluding carboxylic acids is 1. The second-order valence-corrected chi connectivity index (χ2v) is 9.16. The standard InChI is InChI=1S/C20H21N3O5S/c24-20(15-4-6-19-21-29(25,26)11-8-22(19)13-15)23-7-1-2-16(23)14-3-5-17-18(12-14)28-10-9-27-17/h3-6,12-13,16H,1-2,7-11H2. The van der Waals surface area contributed by atoms with Gasteiger partial charge in [-0.3, -0.25) is 4.79 Å². The van der Waals surface area contributed by atoms with Crippen LogP contribution >= 0.6 is 0 Å². The van der Waals surface area contributed by atoms with E-state index in [0.29, 0.717) is 37.7 Å². The monoisotopic (exact) mass is 415 g/mol. The second kappa shape index (κ2) is 6.91. The van der Waals surface area contributed by atoms with Crippen molar-refractivity contribution in [2.45, 2.75) is 18.9 Å². The third kappa shape index (κ3) is 3.39. The number of benzene rings is 1. The first-order valence-corrected chi connectivity index (χ1v) is 11.3. The first-order chi connectivity index (χ1) is 14.0. The van der Waals surface area contributed by atoms with Crippen LogP contribution in [0.1, 0.15) is 24.4 Å². The molecule has 29 heavy (non-hydrogen) atoms. The Morgan fingerprint density at radius 3 is 2.79 bits per heavy atom. The Bertz CT molecular complexity index is 1060. The van der Waals surface area contributed by atoms with Crippen LogP contribution in [0, 0.1) is 0 Å². The molecular weight excluding hydrogens is 394 g/mol. The number of amides is 1. The molecule has 1 unspecified atom stereocenters. The second-order valence-electron chi connectivity index (χ2n) is 7.41. The molecule has 1 aromatic carbocycles. The molecule has 8 nitrogen and oxygen atoms in total. The molecule has 5 rings (SSSR count). The van der Waals surface area contributed by atoms with Crippen LogP contribution in [0.2, 0.25) is 0 Å². The highest BCUT2D eigenvalue weighted by molar-refractivity contribution is 7.90. The predicted molar refractivity (Wildman–Crippen MR) is 106 cm³/mol. The predicted octanol–water partition coefficient (Wildman–Crippen LogP) is 1.62. The molecule has 4 heterocycles. The van der Waals surface area contributed by atoms with Gasteiger partial charge in [-0.2, -0.15) is 0 Å². The van der Waals surface area contributed by atoms with Crippen molar-refractivity contribution in [3.63, 3.8) is 0 Å². The van der Waals surface area contributed by atoms with E-state index in [2.05, 4.69) is 4.40 Å². The number of fused-ring (bicyclic) bond motifs is 2. The number of amidine groups is 1. The van der Waals surface area contributed by atoms with Gasteiger partial charge in [-0.05, 0) is 42.7 Å². The maximum absolute atomic E-state index is 13.2. The molecule has 4 aliphatic rings. The molecule has 1 fully saturated rings. The molecule has 0 aromatic heterocycles. The third-order valence-electron chi connectivity index (χ3n) is 5.54.